The third-order valence-corrected chi connectivity index (χ3v) is 3.60. The summed E-state index contributed by atoms with van der Waals surface area (Å²) in [5.74, 6) is 1.44. The monoisotopic (exact) mass is 271 g/mol. The maximum atomic E-state index is 11.1. The van der Waals surface area contributed by atoms with Gasteiger partial charge in [-0.1, -0.05) is 19.9 Å². The molecule has 100 valence electrons. The van der Waals surface area contributed by atoms with Gasteiger partial charge in [0.2, 0.25) is 16.8 Å². The van der Waals surface area contributed by atoms with E-state index in [-0.39, 0.29) is 12.2 Å². The summed E-state index contributed by atoms with van der Waals surface area (Å²) in [5, 5.41) is 0. The van der Waals surface area contributed by atoms with Gasteiger partial charge in [-0.05, 0) is 17.7 Å². The zero-order valence-electron chi connectivity index (χ0n) is 10.7. The molecule has 0 aromatic heterocycles. The Balaban J connectivity index is 2.19. The summed E-state index contributed by atoms with van der Waals surface area (Å²) in [6, 6.07) is 5.67. The van der Waals surface area contributed by atoms with Gasteiger partial charge >= 0.3 is 0 Å². The minimum atomic E-state index is -3.18. The van der Waals surface area contributed by atoms with Crippen molar-refractivity contribution in [3.63, 3.8) is 0 Å². The number of fused-ring (bicyclic) bond motifs is 1. The Morgan fingerprint density at radius 1 is 1.28 bits per heavy atom. The smallest absolute Gasteiger partial charge is 0.231 e. The number of hydrogen-bond donors (Lipinski definition) is 1. The van der Waals surface area contributed by atoms with Crippen LogP contribution in [0.15, 0.2) is 18.2 Å². The SMILES string of the molecule is CC(C)(CNS(C)(=O)=O)c1ccc2c(c1)OCO2. The van der Waals surface area contributed by atoms with Crippen molar-refractivity contribution in [2.45, 2.75) is 19.3 Å². The predicted molar refractivity (Wildman–Crippen MR) is 68.4 cm³/mol. The number of ether oxygens (including phenoxy) is 2. The first kappa shape index (κ1) is 13.2. The highest BCUT2D eigenvalue weighted by Gasteiger charge is 2.24. The number of nitrogens with one attached hydrogen (secondary N) is 1. The van der Waals surface area contributed by atoms with Gasteiger partial charge < -0.3 is 9.47 Å². The number of benzene rings is 1. The van der Waals surface area contributed by atoms with Crippen LogP contribution in [0, 0.1) is 0 Å². The van der Waals surface area contributed by atoms with Gasteiger partial charge in [0.25, 0.3) is 0 Å². The van der Waals surface area contributed by atoms with E-state index in [9.17, 15) is 8.42 Å². The number of sulfonamides is 1. The molecule has 0 spiro atoms. The van der Waals surface area contributed by atoms with Crippen LogP contribution in [0.2, 0.25) is 0 Å². The Labute approximate surface area is 107 Å². The third-order valence-electron chi connectivity index (χ3n) is 2.93. The average molecular weight is 271 g/mol. The van der Waals surface area contributed by atoms with Crippen molar-refractivity contribution in [3.05, 3.63) is 23.8 Å². The van der Waals surface area contributed by atoms with Crippen LogP contribution in [0.1, 0.15) is 19.4 Å². The van der Waals surface area contributed by atoms with Gasteiger partial charge in [0.1, 0.15) is 0 Å². The molecular formula is C12H17NO4S. The normalized spacial score (nSPS) is 14.8. The van der Waals surface area contributed by atoms with Crippen molar-refractivity contribution in [1.82, 2.24) is 4.72 Å². The van der Waals surface area contributed by atoms with Crippen LogP contribution in [0.5, 0.6) is 11.5 Å². The first-order chi connectivity index (χ1) is 8.28. The van der Waals surface area contributed by atoms with E-state index in [4.69, 9.17) is 9.47 Å². The minimum absolute atomic E-state index is 0.237. The predicted octanol–water partition coefficient (Wildman–Crippen LogP) is 1.24. The van der Waals surface area contributed by atoms with Crippen molar-refractivity contribution < 1.29 is 17.9 Å². The van der Waals surface area contributed by atoms with Gasteiger partial charge in [-0.2, -0.15) is 0 Å². The lowest BCUT2D eigenvalue weighted by Gasteiger charge is -2.25. The molecule has 1 aromatic carbocycles. The molecule has 6 heteroatoms. The highest BCUT2D eigenvalue weighted by Crippen LogP contribution is 2.36. The Kier molecular flexibility index (Phi) is 3.25. The van der Waals surface area contributed by atoms with Crippen molar-refractivity contribution in [1.29, 1.82) is 0 Å². The van der Waals surface area contributed by atoms with Gasteiger partial charge in [-0.15, -0.1) is 0 Å². The van der Waals surface area contributed by atoms with Crippen LogP contribution >= 0.6 is 0 Å². The van der Waals surface area contributed by atoms with Crippen LogP contribution in [0.4, 0.5) is 0 Å². The summed E-state index contributed by atoms with van der Waals surface area (Å²) < 4.78 is 35.4. The molecule has 2 rings (SSSR count). The molecule has 0 fully saturated rings. The molecule has 0 amide bonds. The summed E-state index contributed by atoms with van der Waals surface area (Å²) in [6.07, 6.45) is 1.16. The fraction of sp³-hybridized carbons (Fsp3) is 0.500. The van der Waals surface area contributed by atoms with Crippen LogP contribution in [0.25, 0.3) is 0 Å². The largest absolute Gasteiger partial charge is 0.454 e. The van der Waals surface area contributed by atoms with E-state index in [1.54, 1.807) is 0 Å². The maximum absolute atomic E-state index is 11.1. The standard InChI is InChI=1S/C12H17NO4S/c1-12(2,7-13-18(3,14)15)9-4-5-10-11(6-9)17-8-16-10/h4-6,13H,7-8H2,1-3H3. The molecule has 18 heavy (non-hydrogen) atoms. The zero-order valence-corrected chi connectivity index (χ0v) is 11.5. The first-order valence-corrected chi connectivity index (χ1v) is 7.52. The highest BCUT2D eigenvalue weighted by molar-refractivity contribution is 7.88. The molecule has 1 aliphatic rings. The molecule has 0 bridgehead atoms. The summed E-state index contributed by atoms with van der Waals surface area (Å²) >= 11 is 0. The summed E-state index contributed by atoms with van der Waals surface area (Å²) in [4.78, 5) is 0. The highest BCUT2D eigenvalue weighted by atomic mass is 32.2. The van der Waals surface area contributed by atoms with Crippen molar-refractivity contribution in [2.75, 3.05) is 19.6 Å². The van der Waals surface area contributed by atoms with E-state index in [0.29, 0.717) is 12.3 Å². The lowest BCUT2D eigenvalue weighted by atomic mass is 9.85. The second kappa shape index (κ2) is 4.44. The topological polar surface area (TPSA) is 64.6 Å². The third kappa shape index (κ3) is 2.94. The Hall–Kier alpha value is -1.27. The van der Waals surface area contributed by atoms with E-state index in [1.807, 2.05) is 32.0 Å². The summed E-state index contributed by atoms with van der Waals surface area (Å²) in [7, 11) is -3.18. The first-order valence-electron chi connectivity index (χ1n) is 5.63. The molecule has 0 aliphatic carbocycles. The van der Waals surface area contributed by atoms with E-state index in [1.165, 1.54) is 0 Å². The molecule has 0 atom stereocenters. The van der Waals surface area contributed by atoms with Gasteiger partial charge in [-0.3, -0.25) is 0 Å². The van der Waals surface area contributed by atoms with Crippen LogP contribution in [-0.4, -0.2) is 28.0 Å². The molecule has 0 unspecified atom stereocenters. The Morgan fingerprint density at radius 2 is 1.94 bits per heavy atom. The van der Waals surface area contributed by atoms with Gasteiger partial charge in [0.05, 0.1) is 6.26 Å². The van der Waals surface area contributed by atoms with Crippen LogP contribution < -0.4 is 14.2 Å². The molecule has 0 saturated carbocycles. The van der Waals surface area contributed by atoms with E-state index in [2.05, 4.69) is 4.72 Å². The zero-order chi connectivity index (χ0) is 13.4. The van der Waals surface area contributed by atoms with Crippen molar-refractivity contribution in [3.8, 4) is 11.5 Å². The Bertz CT molecular complexity index is 551. The van der Waals surface area contributed by atoms with Gasteiger partial charge in [-0.25, -0.2) is 13.1 Å². The maximum Gasteiger partial charge on any atom is 0.231 e. The summed E-state index contributed by atoms with van der Waals surface area (Å²) in [6.45, 7) is 4.53. The lowest BCUT2D eigenvalue weighted by Crippen LogP contribution is -2.36. The summed E-state index contributed by atoms with van der Waals surface area (Å²) in [5.41, 5.74) is 0.687. The van der Waals surface area contributed by atoms with E-state index < -0.39 is 10.0 Å². The molecule has 0 saturated heterocycles. The molecular weight excluding hydrogens is 254 g/mol. The fourth-order valence-corrected chi connectivity index (χ4v) is 2.35. The molecule has 1 heterocycles. The Morgan fingerprint density at radius 3 is 2.61 bits per heavy atom. The van der Waals surface area contributed by atoms with E-state index >= 15 is 0 Å². The van der Waals surface area contributed by atoms with Gasteiger partial charge in [0, 0.05) is 12.0 Å². The van der Waals surface area contributed by atoms with E-state index in [0.717, 1.165) is 17.6 Å². The fourth-order valence-electron chi connectivity index (χ4n) is 1.73. The molecule has 1 aliphatic heterocycles. The van der Waals surface area contributed by atoms with Crippen molar-refractivity contribution in [2.24, 2.45) is 0 Å². The molecule has 1 aromatic rings. The molecule has 1 N–H and O–H groups in total. The minimum Gasteiger partial charge on any atom is -0.454 e. The number of hydrogen-bond acceptors (Lipinski definition) is 4. The van der Waals surface area contributed by atoms with Crippen LogP contribution in [0.3, 0.4) is 0 Å². The second-order valence-electron chi connectivity index (χ2n) is 5.05. The quantitative estimate of drug-likeness (QED) is 0.895. The molecule has 0 radical (unpaired) electrons. The molecule has 5 nitrogen and oxygen atoms in total. The van der Waals surface area contributed by atoms with Crippen LogP contribution in [-0.2, 0) is 15.4 Å². The van der Waals surface area contributed by atoms with Gasteiger partial charge in [0.15, 0.2) is 11.5 Å². The lowest BCUT2D eigenvalue weighted by molar-refractivity contribution is 0.174. The second-order valence-corrected chi connectivity index (χ2v) is 6.88. The number of rotatable bonds is 4. The average Bonchev–Trinajstić information content (AvgIpc) is 2.72. The van der Waals surface area contributed by atoms with Crippen molar-refractivity contribution >= 4 is 10.0 Å².